The molecule has 0 aliphatic carbocycles. The number of carbonyl (C=O) groups is 1. The highest BCUT2D eigenvalue weighted by Gasteiger charge is 2.31. The summed E-state index contributed by atoms with van der Waals surface area (Å²) in [6.07, 6.45) is 1.26. The maximum absolute atomic E-state index is 12.5. The van der Waals surface area contributed by atoms with Crippen molar-refractivity contribution in [1.29, 1.82) is 0 Å². The summed E-state index contributed by atoms with van der Waals surface area (Å²) in [5, 5.41) is 1.72. The summed E-state index contributed by atoms with van der Waals surface area (Å²) < 4.78 is 27.3. The third kappa shape index (κ3) is 5.22. The van der Waals surface area contributed by atoms with Crippen molar-refractivity contribution in [3.63, 3.8) is 0 Å². The van der Waals surface area contributed by atoms with Crippen LogP contribution in [-0.2, 0) is 21.2 Å². The Morgan fingerprint density at radius 2 is 2.00 bits per heavy atom. The topological polar surface area (TPSA) is 92.5 Å². The fourth-order valence-corrected chi connectivity index (χ4v) is 5.30. The highest BCUT2D eigenvalue weighted by atomic mass is 35.5. The van der Waals surface area contributed by atoms with Gasteiger partial charge in [-0.3, -0.25) is 9.52 Å². The van der Waals surface area contributed by atoms with E-state index in [1.54, 1.807) is 41.8 Å². The molecule has 6 nitrogen and oxygen atoms in total. The Morgan fingerprint density at radius 3 is 2.56 bits per heavy atom. The minimum Gasteiger partial charge on any atom is -0.339 e. The smallest absolute Gasteiger partial charge is 0.271 e. The van der Waals surface area contributed by atoms with Crippen LogP contribution in [0.4, 0.5) is 5.69 Å². The van der Waals surface area contributed by atoms with Gasteiger partial charge in [0.15, 0.2) is 0 Å². The van der Waals surface area contributed by atoms with Crippen LogP contribution in [0.1, 0.15) is 18.9 Å². The molecule has 1 fully saturated rings. The molecule has 1 aromatic carbocycles. The summed E-state index contributed by atoms with van der Waals surface area (Å²) >= 11 is 1.17. The summed E-state index contributed by atoms with van der Waals surface area (Å²) in [4.78, 5) is 14.4. The Bertz CT molecular complexity index is 854. The average molecular weight is 430 g/mol. The highest BCUT2D eigenvalue weighted by molar-refractivity contribution is 7.94. The number of thiophene rings is 1. The lowest BCUT2D eigenvalue weighted by Crippen LogP contribution is -2.35. The van der Waals surface area contributed by atoms with Gasteiger partial charge in [0, 0.05) is 18.3 Å². The molecule has 27 heavy (non-hydrogen) atoms. The van der Waals surface area contributed by atoms with Crippen molar-refractivity contribution in [2.24, 2.45) is 11.7 Å². The van der Waals surface area contributed by atoms with Gasteiger partial charge in [-0.2, -0.15) is 0 Å². The van der Waals surface area contributed by atoms with Crippen LogP contribution in [-0.4, -0.2) is 38.4 Å². The lowest BCUT2D eigenvalue weighted by molar-refractivity contribution is -0.131. The largest absolute Gasteiger partial charge is 0.339 e. The molecule has 1 saturated heterocycles. The van der Waals surface area contributed by atoms with Crippen LogP contribution in [0.3, 0.4) is 0 Å². The van der Waals surface area contributed by atoms with E-state index in [1.165, 1.54) is 11.3 Å². The van der Waals surface area contributed by atoms with Gasteiger partial charge in [-0.1, -0.05) is 18.2 Å². The quantitative estimate of drug-likeness (QED) is 0.738. The van der Waals surface area contributed by atoms with Crippen LogP contribution >= 0.6 is 23.7 Å². The first-order chi connectivity index (χ1) is 12.4. The molecule has 0 bridgehead atoms. The third-order valence-electron chi connectivity index (χ3n) is 4.64. The first-order valence-electron chi connectivity index (χ1n) is 8.54. The van der Waals surface area contributed by atoms with Gasteiger partial charge in [0.05, 0.1) is 6.42 Å². The molecule has 1 aromatic heterocycles. The molecule has 1 aliphatic rings. The van der Waals surface area contributed by atoms with Gasteiger partial charge < -0.3 is 10.6 Å². The van der Waals surface area contributed by atoms with Crippen molar-refractivity contribution in [2.75, 3.05) is 17.8 Å². The number of hydrogen-bond acceptors (Lipinski definition) is 5. The fraction of sp³-hybridized carbons (Fsp3) is 0.389. The molecule has 2 aromatic rings. The van der Waals surface area contributed by atoms with E-state index in [2.05, 4.69) is 11.6 Å². The SMILES string of the molecule is CC1CC(CN)CN1C(=O)Cc1ccc(NS(=O)(=O)c2cccs2)cc1.Cl. The van der Waals surface area contributed by atoms with Gasteiger partial charge in [0.25, 0.3) is 10.0 Å². The molecule has 0 spiro atoms. The molecule has 3 N–H and O–H groups in total. The number of hydrogen-bond donors (Lipinski definition) is 2. The summed E-state index contributed by atoms with van der Waals surface area (Å²) in [5.74, 6) is 0.461. The van der Waals surface area contributed by atoms with E-state index in [0.29, 0.717) is 24.6 Å². The summed E-state index contributed by atoms with van der Waals surface area (Å²) in [5.41, 5.74) is 7.06. The Labute approximate surface area is 170 Å². The zero-order valence-corrected chi connectivity index (χ0v) is 17.4. The van der Waals surface area contributed by atoms with E-state index in [9.17, 15) is 13.2 Å². The van der Waals surface area contributed by atoms with Crippen molar-refractivity contribution in [2.45, 2.75) is 30.0 Å². The first kappa shape index (κ1) is 21.7. The normalized spacial score (nSPS) is 19.6. The number of nitrogens with zero attached hydrogens (tertiary/aromatic N) is 1. The van der Waals surface area contributed by atoms with Gasteiger partial charge in [-0.15, -0.1) is 23.7 Å². The number of anilines is 1. The molecule has 9 heteroatoms. The first-order valence-corrected chi connectivity index (χ1v) is 10.9. The minimum atomic E-state index is -3.55. The second-order valence-corrected chi connectivity index (χ2v) is 9.50. The number of likely N-dealkylation sites (tertiary alicyclic amines) is 1. The number of carbonyl (C=O) groups excluding carboxylic acids is 1. The zero-order chi connectivity index (χ0) is 18.7. The summed E-state index contributed by atoms with van der Waals surface area (Å²) in [7, 11) is -3.55. The third-order valence-corrected chi connectivity index (χ3v) is 7.42. The Hall–Kier alpha value is -1.61. The van der Waals surface area contributed by atoms with E-state index in [0.717, 1.165) is 18.5 Å². The van der Waals surface area contributed by atoms with E-state index < -0.39 is 10.0 Å². The van der Waals surface area contributed by atoms with Crippen molar-refractivity contribution in [3.05, 3.63) is 47.3 Å². The second-order valence-electron chi connectivity index (χ2n) is 6.64. The van der Waals surface area contributed by atoms with Crippen molar-refractivity contribution >= 4 is 45.4 Å². The van der Waals surface area contributed by atoms with Crippen LogP contribution in [0.15, 0.2) is 46.0 Å². The number of benzene rings is 1. The van der Waals surface area contributed by atoms with Crippen LogP contribution in [0, 0.1) is 5.92 Å². The average Bonchev–Trinajstić information content (AvgIpc) is 3.26. The lowest BCUT2D eigenvalue weighted by atomic mass is 10.1. The number of amides is 1. The monoisotopic (exact) mass is 429 g/mol. The van der Waals surface area contributed by atoms with E-state index in [-0.39, 0.29) is 28.6 Å². The molecule has 2 heterocycles. The lowest BCUT2D eigenvalue weighted by Gasteiger charge is -2.21. The molecular weight excluding hydrogens is 406 g/mol. The second kappa shape index (κ2) is 9.05. The van der Waals surface area contributed by atoms with E-state index in [4.69, 9.17) is 5.73 Å². The van der Waals surface area contributed by atoms with Crippen LogP contribution in [0.2, 0.25) is 0 Å². The number of nitrogens with two attached hydrogens (primary N) is 1. The number of rotatable bonds is 6. The van der Waals surface area contributed by atoms with Crippen molar-refractivity contribution < 1.29 is 13.2 Å². The molecule has 148 valence electrons. The number of halogens is 1. The molecular formula is C18H24ClN3O3S2. The minimum absolute atomic E-state index is 0. The van der Waals surface area contributed by atoms with E-state index in [1.807, 2.05) is 4.90 Å². The predicted octanol–water partition coefficient (Wildman–Crippen LogP) is 2.71. The zero-order valence-electron chi connectivity index (χ0n) is 15.0. The highest BCUT2D eigenvalue weighted by Crippen LogP contribution is 2.24. The number of nitrogens with one attached hydrogen (secondary N) is 1. The molecule has 1 amide bonds. The molecule has 3 rings (SSSR count). The summed E-state index contributed by atoms with van der Waals surface area (Å²) in [6.45, 7) is 3.37. The van der Waals surface area contributed by atoms with Crippen LogP contribution in [0.25, 0.3) is 0 Å². The fourth-order valence-electron chi connectivity index (χ4n) is 3.25. The summed E-state index contributed by atoms with van der Waals surface area (Å²) in [6, 6.07) is 10.4. The maximum Gasteiger partial charge on any atom is 0.271 e. The van der Waals surface area contributed by atoms with Crippen LogP contribution < -0.4 is 10.5 Å². The molecule has 2 unspecified atom stereocenters. The van der Waals surface area contributed by atoms with Gasteiger partial charge in [0.1, 0.15) is 4.21 Å². The van der Waals surface area contributed by atoms with Crippen molar-refractivity contribution in [1.82, 2.24) is 4.90 Å². The Kier molecular flexibility index (Phi) is 7.27. The number of sulfonamides is 1. The molecule has 0 saturated carbocycles. The van der Waals surface area contributed by atoms with Gasteiger partial charge >= 0.3 is 0 Å². The van der Waals surface area contributed by atoms with Gasteiger partial charge in [0.2, 0.25) is 5.91 Å². The van der Waals surface area contributed by atoms with Gasteiger partial charge in [-0.05, 0) is 54.9 Å². The van der Waals surface area contributed by atoms with Gasteiger partial charge in [-0.25, -0.2) is 8.42 Å². The van der Waals surface area contributed by atoms with Crippen molar-refractivity contribution in [3.8, 4) is 0 Å². The Balaban J connectivity index is 0.00000261. The maximum atomic E-state index is 12.5. The molecule has 0 radical (unpaired) electrons. The molecule has 1 aliphatic heterocycles. The van der Waals surface area contributed by atoms with Crippen LogP contribution in [0.5, 0.6) is 0 Å². The van der Waals surface area contributed by atoms with E-state index >= 15 is 0 Å². The molecule has 2 atom stereocenters. The predicted molar refractivity (Wildman–Crippen MR) is 111 cm³/mol. The Morgan fingerprint density at radius 1 is 1.30 bits per heavy atom. The standard InChI is InChI=1S/C18H23N3O3S2.ClH/c1-13-9-15(11-19)12-21(13)17(22)10-14-4-6-16(7-5-14)20-26(23,24)18-3-2-8-25-18;/h2-8,13,15,20H,9-12,19H2,1H3;1H.